The zero-order valence-corrected chi connectivity index (χ0v) is 11.4. The first kappa shape index (κ1) is 12.6. The van der Waals surface area contributed by atoms with E-state index < -0.39 is 0 Å². The molecule has 2 atom stereocenters. The van der Waals surface area contributed by atoms with Crippen molar-refractivity contribution in [3.8, 4) is 0 Å². The van der Waals surface area contributed by atoms with Crippen molar-refractivity contribution in [3.63, 3.8) is 0 Å². The molecular formula is C17H21NO. The summed E-state index contributed by atoms with van der Waals surface area (Å²) in [5.74, 6) is 0.667. The average molecular weight is 255 g/mol. The Morgan fingerprint density at radius 1 is 1.16 bits per heavy atom. The van der Waals surface area contributed by atoms with Gasteiger partial charge in [0.25, 0.3) is 0 Å². The van der Waals surface area contributed by atoms with Gasteiger partial charge in [-0.1, -0.05) is 36.4 Å². The molecule has 1 N–H and O–H groups in total. The van der Waals surface area contributed by atoms with Crippen LogP contribution in [0.4, 0.5) is 0 Å². The van der Waals surface area contributed by atoms with Crippen LogP contribution in [0.25, 0.3) is 10.8 Å². The number of rotatable bonds is 4. The fourth-order valence-electron chi connectivity index (χ4n) is 2.79. The summed E-state index contributed by atoms with van der Waals surface area (Å²) in [6, 6.07) is 15.2. The Kier molecular flexibility index (Phi) is 3.81. The zero-order valence-electron chi connectivity index (χ0n) is 11.4. The first-order valence-electron chi connectivity index (χ1n) is 7.13. The highest BCUT2D eigenvalue weighted by molar-refractivity contribution is 5.82. The summed E-state index contributed by atoms with van der Waals surface area (Å²) in [4.78, 5) is 0. The van der Waals surface area contributed by atoms with Gasteiger partial charge in [0.05, 0.1) is 6.10 Å². The third kappa shape index (κ3) is 2.96. The number of nitrogens with one attached hydrogen (secondary N) is 1. The lowest BCUT2D eigenvalue weighted by Gasteiger charge is -2.14. The fourth-order valence-corrected chi connectivity index (χ4v) is 2.79. The highest BCUT2D eigenvalue weighted by Gasteiger charge is 2.23. The van der Waals surface area contributed by atoms with E-state index >= 15 is 0 Å². The van der Waals surface area contributed by atoms with E-state index in [9.17, 15) is 0 Å². The molecule has 1 fully saturated rings. The number of benzene rings is 2. The molecule has 1 aliphatic heterocycles. The van der Waals surface area contributed by atoms with Crippen LogP contribution in [0.2, 0.25) is 0 Å². The van der Waals surface area contributed by atoms with Crippen molar-refractivity contribution in [2.75, 3.05) is 13.2 Å². The summed E-state index contributed by atoms with van der Waals surface area (Å²) in [6.45, 7) is 5.08. The maximum Gasteiger partial charge on any atom is 0.0588 e. The molecule has 0 bridgehead atoms. The van der Waals surface area contributed by atoms with Gasteiger partial charge in [-0.05, 0) is 41.7 Å². The van der Waals surface area contributed by atoms with Crippen molar-refractivity contribution in [2.24, 2.45) is 5.92 Å². The Balaban J connectivity index is 1.59. The molecule has 3 rings (SSSR count). The van der Waals surface area contributed by atoms with Crippen LogP contribution in [0.3, 0.4) is 0 Å². The smallest absolute Gasteiger partial charge is 0.0588 e. The van der Waals surface area contributed by atoms with Gasteiger partial charge in [0.15, 0.2) is 0 Å². The average Bonchev–Trinajstić information content (AvgIpc) is 2.84. The van der Waals surface area contributed by atoms with Crippen LogP contribution in [-0.2, 0) is 11.3 Å². The molecule has 0 saturated carbocycles. The molecule has 2 aromatic carbocycles. The first-order chi connectivity index (χ1) is 9.33. The number of ether oxygens (including phenoxy) is 1. The summed E-state index contributed by atoms with van der Waals surface area (Å²) >= 11 is 0. The Bertz CT molecular complexity index is 552. The van der Waals surface area contributed by atoms with Crippen molar-refractivity contribution in [3.05, 3.63) is 48.0 Å². The minimum absolute atomic E-state index is 0.407. The molecule has 0 aromatic heterocycles. The van der Waals surface area contributed by atoms with E-state index in [1.54, 1.807) is 0 Å². The fraction of sp³-hybridized carbons (Fsp3) is 0.412. The monoisotopic (exact) mass is 255 g/mol. The predicted octanol–water partition coefficient (Wildman–Crippen LogP) is 3.35. The lowest BCUT2D eigenvalue weighted by molar-refractivity contribution is 0.105. The van der Waals surface area contributed by atoms with Gasteiger partial charge in [-0.25, -0.2) is 0 Å². The summed E-state index contributed by atoms with van der Waals surface area (Å²) in [5, 5.41) is 6.19. The molecule has 0 spiro atoms. The molecule has 2 heteroatoms. The van der Waals surface area contributed by atoms with Crippen LogP contribution in [0.1, 0.15) is 18.9 Å². The Labute approximate surface area is 114 Å². The second-order valence-corrected chi connectivity index (χ2v) is 5.44. The predicted molar refractivity (Wildman–Crippen MR) is 79.2 cm³/mol. The minimum Gasteiger partial charge on any atom is -0.378 e. The lowest BCUT2D eigenvalue weighted by Crippen LogP contribution is -2.26. The van der Waals surface area contributed by atoms with Crippen LogP contribution in [0.5, 0.6) is 0 Å². The van der Waals surface area contributed by atoms with Crippen molar-refractivity contribution in [1.29, 1.82) is 0 Å². The molecule has 100 valence electrons. The van der Waals surface area contributed by atoms with Gasteiger partial charge >= 0.3 is 0 Å². The molecule has 0 aliphatic carbocycles. The zero-order chi connectivity index (χ0) is 13.1. The summed E-state index contributed by atoms with van der Waals surface area (Å²) < 4.78 is 5.59. The summed E-state index contributed by atoms with van der Waals surface area (Å²) in [7, 11) is 0. The van der Waals surface area contributed by atoms with E-state index in [4.69, 9.17) is 4.74 Å². The molecule has 2 unspecified atom stereocenters. The van der Waals surface area contributed by atoms with Gasteiger partial charge in [0.2, 0.25) is 0 Å². The molecule has 19 heavy (non-hydrogen) atoms. The van der Waals surface area contributed by atoms with Crippen molar-refractivity contribution >= 4 is 10.8 Å². The van der Waals surface area contributed by atoms with Crippen molar-refractivity contribution in [1.82, 2.24) is 5.32 Å². The summed E-state index contributed by atoms with van der Waals surface area (Å²) in [5.41, 5.74) is 1.35. The molecular weight excluding hydrogens is 234 g/mol. The second kappa shape index (κ2) is 5.72. The van der Waals surface area contributed by atoms with Crippen molar-refractivity contribution < 1.29 is 4.74 Å². The number of hydrogen-bond donors (Lipinski definition) is 1. The molecule has 1 aliphatic rings. The molecule has 2 aromatic rings. The van der Waals surface area contributed by atoms with E-state index in [1.165, 1.54) is 22.8 Å². The van der Waals surface area contributed by atoms with E-state index in [1.807, 2.05) is 0 Å². The van der Waals surface area contributed by atoms with Gasteiger partial charge < -0.3 is 10.1 Å². The lowest BCUT2D eigenvalue weighted by atomic mass is 10.0. The SMILES string of the molecule is CC1OCCC1CNCc1ccc2ccccc2c1. The van der Waals surface area contributed by atoms with Crippen LogP contribution in [0, 0.1) is 5.92 Å². The van der Waals surface area contributed by atoms with Crippen molar-refractivity contribution in [2.45, 2.75) is 26.0 Å². The number of fused-ring (bicyclic) bond motifs is 1. The van der Waals surface area contributed by atoms with E-state index in [0.717, 1.165) is 19.7 Å². The molecule has 0 radical (unpaired) electrons. The van der Waals surface area contributed by atoms with E-state index in [0.29, 0.717) is 12.0 Å². The second-order valence-electron chi connectivity index (χ2n) is 5.44. The maximum atomic E-state index is 5.59. The maximum absolute atomic E-state index is 5.59. The summed E-state index contributed by atoms with van der Waals surface area (Å²) in [6.07, 6.45) is 1.59. The van der Waals surface area contributed by atoms with Gasteiger partial charge in [-0.3, -0.25) is 0 Å². The Morgan fingerprint density at radius 2 is 2.00 bits per heavy atom. The Morgan fingerprint density at radius 3 is 2.79 bits per heavy atom. The standard InChI is InChI=1S/C17H21NO/c1-13-17(8-9-19-13)12-18-11-14-6-7-15-4-2-3-5-16(15)10-14/h2-7,10,13,17-18H,8-9,11-12H2,1H3. The van der Waals surface area contributed by atoms with Crippen LogP contribution in [-0.4, -0.2) is 19.3 Å². The molecule has 1 heterocycles. The topological polar surface area (TPSA) is 21.3 Å². The minimum atomic E-state index is 0.407. The highest BCUT2D eigenvalue weighted by atomic mass is 16.5. The van der Waals surface area contributed by atoms with Gasteiger partial charge in [0, 0.05) is 19.7 Å². The van der Waals surface area contributed by atoms with Gasteiger partial charge in [-0.2, -0.15) is 0 Å². The first-order valence-corrected chi connectivity index (χ1v) is 7.13. The Hall–Kier alpha value is -1.38. The largest absolute Gasteiger partial charge is 0.378 e. The van der Waals surface area contributed by atoms with E-state index in [2.05, 4.69) is 54.7 Å². The van der Waals surface area contributed by atoms with Gasteiger partial charge in [-0.15, -0.1) is 0 Å². The van der Waals surface area contributed by atoms with Crippen LogP contribution < -0.4 is 5.32 Å². The molecule has 2 nitrogen and oxygen atoms in total. The highest BCUT2D eigenvalue weighted by Crippen LogP contribution is 2.20. The number of hydrogen-bond acceptors (Lipinski definition) is 2. The third-order valence-corrected chi connectivity index (χ3v) is 4.08. The normalized spacial score (nSPS) is 23.0. The molecule has 0 amide bonds. The molecule has 1 saturated heterocycles. The third-order valence-electron chi connectivity index (χ3n) is 4.08. The van der Waals surface area contributed by atoms with E-state index in [-0.39, 0.29) is 0 Å². The van der Waals surface area contributed by atoms with Crippen LogP contribution >= 0.6 is 0 Å². The quantitative estimate of drug-likeness (QED) is 0.904. The van der Waals surface area contributed by atoms with Gasteiger partial charge in [0.1, 0.15) is 0 Å². The van der Waals surface area contributed by atoms with Crippen LogP contribution in [0.15, 0.2) is 42.5 Å².